The van der Waals surface area contributed by atoms with Gasteiger partial charge in [0.25, 0.3) is 5.89 Å². The second kappa shape index (κ2) is 4.81. The fourth-order valence-electron chi connectivity index (χ4n) is 1.58. The van der Waals surface area contributed by atoms with E-state index in [1.54, 1.807) is 7.11 Å². The summed E-state index contributed by atoms with van der Waals surface area (Å²) in [6, 6.07) is 5.53. The van der Waals surface area contributed by atoms with Crippen LogP contribution in [0.3, 0.4) is 0 Å². The molecule has 8 heteroatoms. The molecule has 0 aliphatic carbocycles. The van der Waals surface area contributed by atoms with Gasteiger partial charge in [-0.1, -0.05) is 21.1 Å². The fraction of sp³-hybridized carbons (Fsp3) is 0.0909. The van der Waals surface area contributed by atoms with E-state index in [1.807, 2.05) is 18.2 Å². The maximum atomic E-state index is 5.29. The molecular formula is C11H8BrN5O2. The number of ether oxygens (including phenoxy) is 1. The number of nitrogens with one attached hydrogen (secondary N) is 1. The summed E-state index contributed by atoms with van der Waals surface area (Å²) in [4.78, 5) is 8.21. The number of H-pyrrole nitrogens is 1. The van der Waals surface area contributed by atoms with E-state index in [9.17, 15) is 0 Å². The molecule has 2 aromatic heterocycles. The minimum absolute atomic E-state index is 0.345. The number of methoxy groups -OCH3 is 1. The summed E-state index contributed by atoms with van der Waals surface area (Å²) in [5, 5.41) is 10.3. The number of nitrogens with zero attached hydrogens (tertiary/aromatic N) is 4. The van der Waals surface area contributed by atoms with Gasteiger partial charge in [0, 0.05) is 4.47 Å². The average molecular weight is 322 g/mol. The van der Waals surface area contributed by atoms with Crippen LogP contribution in [-0.4, -0.2) is 32.4 Å². The van der Waals surface area contributed by atoms with Crippen molar-refractivity contribution in [2.75, 3.05) is 7.11 Å². The Balaban J connectivity index is 2.03. The van der Waals surface area contributed by atoms with Crippen LogP contribution in [0.15, 0.2) is 33.5 Å². The van der Waals surface area contributed by atoms with Crippen LogP contribution in [0, 0.1) is 0 Å². The molecule has 0 saturated heterocycles. The highest BCUT2D eigenvalue weighted by Gasteiger charge is 2.16. The third kappa shape index (κ3) is 2.22. The molecule has 7 nitrogen and oxygen atoms in total. The summed E-state index contributed by atoms with van der Waals surface area (Å²) in [6.07, 6.45) is 1.38. The molecule has 2 heterocycles. The Morgan fingerprint density at radius 1 is 1.37 bits per heavy atom. The highest BCUT2D eigenvalue weighted by Crippen LogP contribution is 2.32. The molecule has 0 aliphatic heterocycles. The number of rotatable bonds is 3. The molecule has 0 radical (unpaired) electrons. The monoisotopic (exact) mass is 321 g/mol. The molecule has 0 bridgehead atoms. The Morgan fingerprint density at radius 3 is 3.00 bits per heavy atom. The smallest absolute Gasteiger partial charge is 0.262 e. The molecule has 3 rings (SSSR count). The zero-order valence-corrected chi connectivity index (χ0v) is 11.4. The van der Waals surface area contributed by atoms with Crippen LogP contribution in [0.4, 0.5) is 0 Å². The van der Waals surface area contributed by atoms with Gasteiger partial charge in [-0.15, -0.1) is 0 Å². The Kier molecular flexibility index (Phi) is 3.00. The maximum absolute atomic E-state index is 5.29. The van der Waals surface area contributed by atoms with Crippen molar-refractivity contribution in [3.05, 3.63) is 29.0 Å². The van der Waals surface area contributed by atoms with E-state index in [1.165, 1.54) is 6.33 Å². The van der Waals surface area contributed by atoms with E-state index in [0.29, 0.717) is 28.9 Å². The van der Waals surface area contributed by atoms with Gasteiger partial charge in [0.2, 0.25) is 5.82 Å². The molecule has 1 N–H and O–H groups in total. The van der Waals surface area contributed by atoms with Crippen LogP contribution in [0.5, 0.6) is 5.75 Å². The van der Waals surface area contributed by atoms with Gasteiger partial charge < -0.3 is 9.26 Å². The van der Waals surface area contributed by atoms with Crippen LogP contribution >= 0.6 is 15.9 Å². The second-order valence-corrected chi connectivity index (χ2v) is 4.52. The Labute approximate surface area is 116 Å². The molecule has 0 amide bonds. The predicted molar refractivity (Wildman–Crippen MR) is 69.4 cm³/mol. The Morgan fingerprint density at radius 2 is 2.26 bits per heavy atom. The van der Waals surface area contributed by atoms with Crippen molar-refractivity contribution in [3.63, 3.8) is 0 Å². The number of hydrogen-bond acceptors (Lipinski definition) is 6. The van der Waals surface area contributed by atoms with Crippen molar-refractivity contribution < 1.29 is 9.26 Å². The summed E-state index contributed by atoms with van der Waals surface area (Å²) in [6.45, 7) is 0. The van der Waals surface area contributed by atoms with Crippen molar-refractivity contribution in [1.29, 1.82) is 0 Å². The van der Waals surface area contributed by atoms with Crippen LogP contribution < -0.4 is 4.74 Å². The van der Waals surface area contributed by atoms with Gasteiger partial charge in [-0.3, -0.25) is 5.10 Å². The van der Waals surface area contributed by atoms with E-state index < -0.39 is 0 Å². The molecule has 1 aromatic carbocycles. The topological polar surface area (TPSA) is 89.7 Å². The lowest BCUT2D eigenvalue weighted by atomic mass is 10.2. The molecule has 0 unspecified atom stereocenters. The van der Waals surface area contributed by atoms with Crippen LogP contribution in [0.1, 0.15) is 0 Å². The minimum atomic E-state index is 0.345. The van der Waals surface area contributed by atoms with Crippen molar-refractivity contribution in [1.82, 2.24) is 25.3 Å². The average Bonchev–Trinajstić information content (AvgIpc) is 3.09. The first-order chi connectivity index (χ1) is 9.28. The second-order valence-electron chi connectivity index (χ2n) is 3.60. The van der Waals surface area contributed by atoms with Gasteiger partial charge in [-0.05, 0) is 18.2 Å². The predicted octanol–water partition coefficient (Wildman–Crippen LogP) is 2.29. The number of benzene rings is 1. The summed E-state index contributed by atoms with van der Waals surface area (Å²) in [7, 11) is 1.58. The summed E-state index contributed by atoms with van der Waals surface area (Å²) >= 11 is 3.38. The number of hydrogen-bond donors (Lipinski definition) is 1. The summed E-state index contributed by atoms with van der Waals surface area (Å²) in [5.41, 5.74) is 0.712. The highest BCUT2D eigenvalue weighted by molar-refractivity contribution is 9.10. The molecule has 19 heavy (non-hydrogen) atoms. The van der Waals surface area contributed by atoms with Crippen LogP contribution in [0.2, 0.25) is 0 Å². The fourth-order valence-corrected chi connectivity index (χ4v) is 1.92. The standard InChI is InChI=1S/C11H8BrN5O2/c1-18-8-4-6(12)2-3-7(8)11-15-10(17-19-11)9-13-5-14-16-9/h2-5H,1H3,(H,13,14,16). The lowest BCUT2D eigenvalue weighted by Gasteiger charge is -2.04. The van der Waals surface area contributed by atoms with Crippen LogP contribution in [0.25, 0.3) is 23.1 Å². The molecular weight excluding hydrogens is 314 g/mol. The Hall–Kier alpha value is -2.22. The lowest BCUT2D eigenvalue weighted by molar-refractivity contribution is 0.405. The number of aromatic amines is 1. The first-order valence-electron chi connectivity index (χ1n) is 5.31. The first-order valence-corrected chi connectivity index (χ1v) is 6.10. The van der Waals surface area contributed by atoms with E-state index in [4.69, 9.17) is 9.26 Å². The van der Waals surface area contributed by atoms with Crippen molar-refractivity contribution in [3.8, 4) is 28.9 Å². The molecule has 0 aliphatic rings. The number of aromatic nitrogens is 5. The zero-order chi connectivity index (χ0) is 13.2. The van der Waals surface area contributed by atoms with Gasteiger partial charge in [0.15, 0.2) is 5.82 Å². The van der Waals surface area contributed by atoms with Gasteiger partial charge in [0.05, 0.1) is 12.7 Å². The largest absolute Gasteiger partial charge is 0.496 e. The summed E-state index contributed by atoms with van der Waals surface area (Å²) in [5.74, 6) is 1.79. The molecule has 0 saturated carbocycles. The van der Waals surface area contributed by atoms with Gasteiger partial charge in [0.1, 0.15) is 12.1 Å². The molecule has 3 aromatic rings. The SMILES string of the molecule is COc1cc(Br)ccc1-c1nc(-c2ncn[nH]2)no1. The summed E-state index contributed by atoms with van der Waals surface area (Å²) < 4.78 is 11.4. The zero-order valence-electron chi connectivity index (χ0n) is 9.79. The minimum Gasteiger partial charge on any atom is -0.496 e. The van der Waals surface area contributed by atoms with Crippen LogP contribution in [-0.2, 0) is 0 Å². The first kappa shape index (κ1) is 11.8. The van der Waals surface area contributed by atoms with E-state index >= 15 is 0 Å². The maximum Gasteiger partial charge on any atom is 0.262 e. The quantitative estimate of drug-likeness (QED) is 0.796. The number of halogens is 1. The van der Waals surface area contributed by atoms with E-state index in [-0.39, 0.29) is 0 Å². The van der Waals surface area contributed by atoms with Crippen molar-refractivity contribution >= 4 is 15.9 Å². The third-order valence-corrected chi connectivity index (χ3v) is 2.94. The van der Waals surface area contributed by atoms with Crippen molar-refractivity contribution in [2.24, 2.45) is 0 Å². The molecule has 0 fully saturated rings. The third-order valence-electron chi connectivity index (χ3n) is 2.45. The van der Waals surface area contributed by atoms with Crippen molar-refractivity contribution in [2.45, 2.75) is 0 Å². The highest BCUT2D eigenvalue weighted by atomic mass is 79.9. The normalized spacial score (nSPS) is 10.6. The lowest BCUT2D eigenvalue weighted by Crippen LogP contribution is -1.88. The van der Waals surface area contributed by atoms with Gasteiger partial charge in [-0.2, -0.15) is 10.1 Å². The molecule has 96 valence electrons. The van der Waals surface area contributed by atoms with Gasteiger partial charge in [-0.25, -0.2) is 4.98 Å². The Bertz CT molecular complexity index is 695. The van der Waals surface area contributed by atoms with E-state index in [0.717, 1.165) is 4.47 Å². The van der Waals surface area contributed by atoms with Gasteiger partial charge >= 0.3 is 0 Å². The molecule has 0 atom stereocenters. The van der Waals surface area contributed by atoms with E-state index in [2.05, 4.69) is 41.3 Å². The molecule has 0 spiro atoms.